The number of hydrogen-bond acceptors (Lipinski definition) is 4. The number of hydrogen-bond donors (Lipinski definition) is 1. The fraction of sp³-hybridized carbons (Fsp3) is 0.462. The zero-order valence-corrected chi connectivity index (χ0v) is 13.1. The molecule has 1 rings (SSSR count). The van der Waals surface area contributed by atoms with E-state index in [9.17, 15) is 8.42 Å². The molecule has 0 fully saturated rings. The molecule has 1 aromatic rings. The summed E-state index contributed by atoms with van der Waals surface area (Å²) in [7, 11) is -3.75. The van der Waals surface area contributed by atoms with E-state index in [1.54, 1.807) is 0 Å². The first kappa shape index (κ1) is 16.8. The lowest BCUT2D eigenvalue weighted by Gasteiger charge is -2.23. The summed E-state index contributed by atoms with van der Waals surface area (Å²) in [5.41, 5.74) is 5.90. The van der Waals surface area contributed by atoms with Gasteiger partial charge < -0.3 is 5.73 Å². The predicted molar refractivity (Wildman–Crippen MR) is 79.7 cm³/mol. The molecule has 0 aromatic heterocycles. The first-order chi connectivity index (χ1) is 9.28. The SMILES string of the molecule is CC(C)CN(CCC#N)S(=O)(=O)c1cc(Cl)ccc1N. The van der Waals surface area contributed by atoms with E-state index in [0.717, 1.165) is 0 Å². The van der Waals surface area contributed by atoms with Crippen LogP contribution in [-0.2, 0) is 10.0 Å². The number of anilines is 1. The minimum atomic E-state index is -3.75. The summed E-state index contributed by atoms with van der Waals surface area (Å²) >= 11 is 5.85. The fourth-order valence-electron chi connectivity index (χ4n) is 1.76. The van der Waals surface area contributed by atoms with Crippen molar-refractivity contribution in [2.75, 3.05) is 18.8 Å². The molecule has 0 heterocycles. The molecule has 5 nitrogen and oxygen atoms in total. The molecule has 0 aliphatic heterocycles. The van der Waals surface area contributed by atoms with E-state index in [0.29, 0.717) is 11.6 Å². The Hall–Kier alpha value is -1.29. The average molecular weight is 316 g/mol. The molecule has 2 N–H and O–H groups in total. The topological polar surface area (TPSA) is 87.2 Å². The van der Waals surface area contributed by atoms with Crippen molar-refractivity contribution in [3.05, 3.63) is 23.2 Å². The maximum Gasteiger partial charge on any atom is 0.245 e. The molecule has 20 heavy (non-hydrogen) atoms. The van der Waals surface area contributed by atoms with Gasteiger partial charge in [0, 0.05) is 24.5 Å². The van der Waals surface area contributed by atoms with Gasteiger partial charge in [-0.2, -0.15) is 9.57 Å². The number of nitrogen functional groups attached to an aromatic ring is 1. The summed E-state index contributed by atoms with van der Waals surface area (Å²) in [5, 5.41) is 8.97. The number of nitrogens with two attached hydrogens (primary N) is 1. The molecular weight excluding hydrogens is 298 g/mol. The molecule has 110 valence electrons. The van der Waals surface area contributed by atoms with Gasteiger partial charge in [0.2, 0.25) is 10.0 Å². The first-order valence-corrected chi connectivity index (χ1v) is 8.03. The van der Waals surface area contributed by atoms with Gasteiger partial charge in [-0.3, -0.25) is 0 Å². The third kappa shape index (κ3) is 4.10. The molecule has 0 atom stereocenters. The van der Waals surface area contributed by atoms with Crippen molar-refractivity contribution < 1.29 is 8.42 Å². The highest BCUT2D eigenvalue weighted by Gasteiger charge is 2.27. The lowest BCUT2D eigenvalue weighted by atomic mass is 10.2. The molecule has 0 unspecified atom stereocenters. The van der Waals surface area contributed by atoms with E-state index >= 15 is 0 Å². The van der Waals surface area contributed by atoms with E-state index < -0.39 is 10.0 Å². The zero-order valence-electron chi connectivity index (χ0n) is 11.5. The van der Waals surface area contributed by atoms with E-state index in [1.165, 1.54) is 22.5 Å². The Balaban J connectivity index is 3.21. The van der Waals surface area contributed by atoms with Crippen LogP contribution in [0.25, 0.3) is 0 Å². The second-order valence-corrected chi connectivity index (χ2v) is 7.19. The second kappa shape index (κ2) is 6.93. The van der Waals surface area contributed by atoms with Gasteiger partial charge in [0.25, 0.3) is 0 Å². The Kier molecular flexibility index (Phi) is 5.81. The smallest absolute Gasteiger partial charge is 0.245 e. The molecule has 0 amide bonds. The Morgan fingerprint density at radius 3 is 2.65 bits per heavy atom. The van der Waals surface area contributed by atoms with Gasteiger partial charge in [0.1, 0.15) is 4.90 Å². The minimum absolute atomic E-state index is 0.0106. The molecule has 1 aromatic carbocycles. The highest BCUT2D eigenvalue weighted by molar-refractivity contribution is 7.89. The Bertz CT molecular complexity index is 609. The summed E-state index contributed by atoms with van der Waals surface area (Å²) in [6.07, 6.45) is 0.131. The van der Waals surface area contributed by atoms with Gasteiger partial charge in [-0.25, -0.2) is 8.42 Å². The summed E-state index contributed by atoms with van der Waals surface area (Å²) in [6, 6.07) is 6.30. The standard InChI is InChI=1S/C13H18ClN3O2S/c1-10(2)9-17(7-3-6-15)20(18,19)13-8-11(14)4-5-12(13)16/h4-5,8,10H,3,7,9,16H2,1-2H3. The van der Waals surface area contributed by atoms with Crippen LogP contribution in [0.1, 0.15) is 20.3 Å². The quantitative estimate of drug-likeness (QED) is 0.817. The number of nitriles is 1. The van der Waals surface area contributed by atoms with Crippen LogP contribution in [-0.4, -0.2) is 25.8 Å². The van der Waals surface area contributed by atoms with Crippen LogP contribution in [0, 0.1) is 17.2 Å². The van der Waals surface area contributed by atoms with Crippen LogP contribution in [0.4, 0.5) is 5.69 Å². The largest absolute Gasteiger partial charge is 0.398 e. The van der Waals surface area contributed by atoms with Gasteiger partial charge in [0.15, 0.2) is 0 Å². The van der Waals surface area contributed by atoms with Crippen LogP contribution < -0.4 is 5.73 Å². The molecule has 0 saturated heterocycles. The molecule has 0 saturated carbocycles. The van der Waals surface area contributed by atoms with Crippen LogP contribution in [0.3, 0.4) is 0 Å². The average Bonchev–Trinajstić information content (AvgIpc) is 2.36. The normalized spacial score (nSPS) is 11.8. The number of nitrogens with zero attached hydrogens (tertiary/aromatic N) is 2. The molecule has 0 bridgehead atoms. The first-order valence-electron chi connectivity index (χ1n) is 6.21. The van der Waals surface area contributed by atoms with Crippen molar-refractivity contribution in [3.8, 4) is 6.07 Å². The number of sulfonamides is 1. The minimum Gasteiger partial charge on any atom is -0.398 e. The van der Waals surface area contributed by atoms with Crippen molar-refractivity contribution in [1.82, 2.24) is 4.31 Å². The molecule has 0 radical (unpaired) electrons. The van der Waals surface area contributed by atoms with Gasteiger partial charge in [-0.05, 0) is 24.1 Å². The molecule has 7 heteroatoms. The van der Waals surface area contributed by atoms with E-state index in [-0.39, 0.29) is 29.5 Å². The van der Waals surface area contributed by atoms with Gasteiger partial charge in [0.05, 0.1) is 11.8 Å². The maximum atomic E-state index is 12.6. The van der Waals surface area contributed by atoms with Crippen molar-refractivity contribution in [2.24, 2.45) is 5.92 Å². The molecule has 0 aliphatic carbocycles. The van der Waals surface area contributed by atoms with E-state index in [1.807, 2.05) is 19.9 Å². The Morgan fingerprint density at radius 2 is 2.10 bits per heavy atom. The summed E-state index contributed by atoms with van der Waals surface area (Å²) in [6.45, 7) is 4.30. The lowest BCUT2D eigenvalue weighted by Crippen LogP contribution is -2.35. The predicted octanol–water partition coefficient (Wildman–Crippen LogP) is 2.48. The van der Waals surface area contributed by atoms with Gasteiger partial charge in [-0.15, -0.1) is 0 Å². The summed E-state index contributed by atoms with van der Waals surface area (Å²) in [5.74, 6) is 0.142. The van der Waals surface area contributed by atoms with E-state index in [4.69, 9.17) is 22.6 Å². The van der Waals surface area contributed by atoms with Gasteiger partial charge >= 0.3 is 0 Å². The van der Waals surface area contributed by atoms with Crippen molar-refractivity contribution in [3.63, 3.8) is 0 Å². The molecule has 0 spiro atoms. The second-order valence-electron chi connectivity index (χ2n) is 4.85. The number of rotatable bonds is 6. The lowest BCUT2D eigenvalue weighted by molar-refractivity contribution is 0.373. The molecular formula is C13H18ClN3O2S. The van der Waals surface area contributed by atoms with Crippen LogP contribution in [0.2, 0.25) is 5.02 Å². The van der Waals surface area contributed by atoms with Crippen molar-refractivity contribution >= 4 is 27.3 Å². The van der Waals surface area contributed by atoms with Crippen LogP contribution >= 0.6 is 11.6 Å². The fourth-order valence-corrected chi connectivity index (χ4v) is 3.75. The van der Waals surface area contributed by atoms with E-state index in [2.05, 4.69) is 0 Å². The van der Waals surface area contributed by atoms with Crippen molar-refractivity contribution in [1.29, 1.82) is 5.26 Å². The highest BCUT2D eigenvalue weighted by atomic mass is 35.5. The van der Waals surface area contributed by atoms with Crippen molar-refractivity contribution in [2.45, 2.75) is 25.2 Å². The Morgan fingerprint density at radius 1 is 1.45 bits per heavy atom. The van der Waals surface area contributed by atoms with Crippen LogP contribution in [0.5, 0.6) is 0 Å². The third-order valence-electron chi connectivity index (χ3n) is 2.64. The third-order valence-corrected chi connectivity index (χ3v) is 4.79. The maximum absolute atomic E-state index is 12.6. The highest BCUT2D eigenvalue weighted by Crippen LogP contribution is 2.26. The zero-order chi connectivity index (χ0) is 15.3. The van der Waals surface area contributed by atoms with Gasteiger partial charge in [-0.1, -0.05) is 25.4 Å². The van der Waals surface area contributed by atoms with Crippen LogP contribution in [0.15, 0.2) is 23.1 Å². The molecule has 0 aliphatic rings. The summed E-state index contributed by atoms with van der Waals surface area (Å²) in [4.78, 5) is -0.0106. The monoisotopic (exact) mass is 315 g/mol. The number of benzene rings is 1. The number of halogens is 1. The summed E-state index contributed by atoms with van der Waals surface area (Å²) < 4.78 is 26.5. The Labute approximate surface area is 125 Å².